The van der Waals surface area contributed by atoms with Crippen molar-refractivity contribution in [2.75, 3.05) is 7.11 Å². The third-order valence-corrected chi connectivity index (χ3v) is 4.62. The van der Waals surface area contributed by atoms with Crippen molar-refractivity contribution in [3.63, 3.8) is 0 Å². The highest BCUT2D eigenvalue weighted by Gasteiger charge is 2.31. The van der Waals surface area contributed by atoms with Gasteiger partial charge in [0.25, 0.3) is 11.6 Å². The van der Waals surface area contributed by atoms with E-state index in [1.807, 2.05) is 6.07 Å². The molecule has 2 atom stereocenters. The number of alkyl halides is 3. The summed E-state index contributed by atoms with van der Waals surface area (Å²) in [5, 5.41) is 28.0. The molecule has 2 aromatic carbocycles. The molecule has 1 amide bonds. The highest BCUT2D eigenvalue weighted by atomic mass is 19.4. The standard InChI is InChI=1S/C20H16F3N5O5/c1-11(25-18(29)12-3-6-14(7-4-12)33-20(21,22)23)17(10-24)27-19(32-2)15-8-5-13(28(30)31)9-16(15)26-27/h3-9,11,17H,1-2H3,(H,25,29). The number of fused-ring (bicyclic) bond motifs is 1. The second-order valence-electron chi connectivity index (χ2n) is 6.82. The average molecular weight is 463 g/mol. The molecule has 0 aliphatic carbocycles. The quantitative estimate of drug-likeness (QED) is 0.417. The Kier molecular flexibility index (Phi) is 6.38. The van der Waals surface area contributed by atoms with E-state index >= 15 is 0 Å². The number of nitro benzene ring substituents is 1. The lowest BCUT2D eigenvalue weighted by atomic mass is 10.1. The van der Waals surface area contributed by atoms with Gasteiger partial charge < -0.3 is 14.8 Å². The van der Waals surface area contributed by atoms with Crippen LogP contribution < -0.4 is 14.8 Å². The first-order valence-corrected chi connectivity index (χ1v) is 9.31. The van der Waals surface area contributed by atoms with Crippen LogP contribution in [0, 0.1) is 21.4 Å². The number of non-ortho nitro benzene ring substituents is 1. The molecule has 1 heterocycles. The lowest BCUT2D eigenvalue weighted by Gasteiger charge is -2.21. The summed E-state index contributed by atoms with van der Waals surface area (Å²) in [7, 11) is 1.34. The molecule has 1 N–H and O–H groups in total. The maximum atomic E-state index is 12.5. The van der Waals surface area contributed by atoms with Gasteiger partial charge in [-0.25, -0.2) is 4.68 Å². The number of amides is 1. The number of hydrogen-bond acceptors (Lipinski definition) is 7. The summed E-state index contributed by atoms with van der Waals surface area (Å²) in [5.74, 6) is -0.960. The van der Waals surface area contributed by atoms with Crippen LogP contribution >= 0.6 is 0 Å². The normalized spacial score (nSPS) is 13.1. The number of hydrogen-bond donors (Lipinski definition) is 1. The second kappa shape index (κ2) is 9.03. The summed E-state index contributed by atoms with van der Waals surface area (Å²) in [6.07, 6.45) is -4.86. The molecule has 10 nitrogen and oxygen atoms in total. The molecule has 0 bridgehead atoms. The van der Waals surface area contributed by atoms with E-state index in [9.17, 15) is 33.3 Å². The minimum absolute atomic E-state index is 0.0429. The van der Waals surface area contributed by atoms with Crippen LogP contribution in [0.25, 0.3) is 10.9 Å². The molecule has 172 valence electrons. The first-order valence-electron chi connectivity index (χ1n) is 9.31. The van der Waals surface area contributed by atoms with Gasteiger partial charge in [0.15, 0.2) is 6.04 Å². The van der Waals surface area contributed by atoms with Crippen LogP contribution in [0.5, 0.6) is 11.6 Å². The molecule has 0 radical (unpaired) electrons. The van der Waals surface area contributed by atoms with E-state index < -0.39 is 35.0 Å². The van der Waals surface area contributed by atoms with E-state index in [1.165, 1.54) is 36.9 Å². The minimum Gasteiger partial charge on any atom is -0.481 e. The molecular weight excluding hydrogens is 447 g/mol. The van der Waals surface area contributed by atoms with Crippen molar-refractivity contribution in [3.05, 3.63) is 58.1 Å². The number of rotatable bonds is 7. The number of nitrogens with one attached hydrogen (secondary N) is 1. The van der Waals surface area contributed by atoms with Crippen molar-refractivity contribution in [2.45, 2.75) is 25.4 Å². The Bertz CT molecular complexity index is 1230. The average Bonchev–Trinajstić information content (AvgIpc) is 3.10. The Hall–Kier alpha value is -4.34. The van der Waals surface area contributed by atoms with Crippen LogP contribution in [-0.2, 0) is 0 Å². The molecule has 0 fully saturated rings. The molecule has 33 heavy (non-hydrogen) atoms. The fourth-order valence-electron chi connectivity index (χ4n) is 3.13. The Morgan fingerprint density at radius 2 is 1.94 bits per heavy atom. The number of ether oxygens (including phenoxy) is 2. The van der Waals surface area contributed by atoms with Gasteiger partial charge in [-0.1, -0.05) is 0 Å². The van der Waals surface area contributed by atoms with Gasteiger partial charge in [-0.15, -0.1) is 13.2 Å². The molecule has 3 aromatic rings. The van der Waals surface area contributed by atoms with Crippen molar-refractivity contribution in [2.24, 2.45) is 0 Å². The number of benzene rings is 2. The highest BCUT2D eigenvalue weighted by molar-refractivity contribution is 5.94. The third-order valence-electron chi connectivity index (χ3n) is 4.62. The number of aromatic nitrogens is 2. The SMILES string of the molecule is COc1c2ccc([N+](=O)[O-])cc2nn1C(C#N)C(C)NC(=O)c1ccc(OC(F)(F)F)cc1. The number of halogens is 3. The Labute approximate surface area is 184 Å². The molecule has 2 unspecified atom stereocenters. The van der Waals surface area contributed by atoms with Gasteiger partial charge in [-0.3, -0.25) is 14.9 Å². The van der Waals surface area contributed by atoms with Gasteiger partial charge >= 0.3 is 6.36 Å². The van der Waals surface area contributed by atoms with Crippen LogP contribution in [0.3, 0.4) is 0 Å². The van der Waals surface area contributed by atoms with Crippen molar-refractivity contribution in [1.82, 2.24) is 15.1 Å². The molecule has 0 saturated heterocycles. The van der Waals surface area contributed by atoms with E-state index in [-0.39, 0.29) is 22.6 Å². The number of methoxy groups -OCH3 is 1. The van der Waals surface area contributed by atoms with Gasteiger partial charge in [0.1, 0.15) is 11.3 Å². The molecule has 0 spiro atoms. The van der Waals surface area contributed by atoms with Crippen molar-refractivity contribution in [1.29, 1.82) is 5.26 Å². The second-order valence-corrected chi connectivity index (χ2v) is 6.82. The van der Waals surface area contributed by atoms with Crippen molar-refractivity contribution < 1.29 is 32.4 Å². The molecule has 0 aliphatic heterocycles. The van der Waals surface area contributed by atoms with Crippen LogP contribution in [0.15, 0.2) is 42.5 Å². The Morgan fingerprint density at radius 1 is 1.27 bits per heavy atom. The fourth-order valence-corrected chi connectivity index (χ4v) is 3.13. The van der Waals surface area contributed by atoms with Gasteiger partial charge in [0.2, 0.25) is 5.88 Å². The minimum atomic E-state index is -4.86. The summed E-state index contributed by atoms with van der Waals surface area (Å²) < 4.78 is 47.1. The van der Waals surface area contributed by atoms with Gasteiger partial charge in [0.05, 0.1) is 29.5 Å². The summed E-state index contributed by atoms with van der Waals surface area (Å²) in [6, 6.07) is 8.34. The largest absolute Gasteiger partial charge is 0.573 e. The predicted molar refractivity (Wildman–Crippen MR) is 108 cm³/mol. The summed E-state index contributed by atoms with van der Waals surface area (Å²) in [6.45, 7) is 1.53. The number of nitro groups is 1. The maximum absolute atomic E-state index is 12.5. The zero-order valence-electron chi connectivity index (χ0n) is 17.2. The summed E-state index contributed by atoms with van der Waals surface area (Å²) in [5.41, 5.74) is 0.0731. The summed E-state index contributed by atoms with van der Waals surface area (Å²) >= 11 is 0. The maximum Gasteiger partial charge on any atom is 0.573 e. The fraction of sp³-hybridized carbons (Fsp3) is 0.250. The molecule has 13 heteroatoms. The number of nitrogens with zero attached hydrogens (tertiary/aromatic N) is 4. The molecular formula is C20H16F3N5O5. The zero-order valence-corrected chi connectivity index (χ0v) is 17.2. The van der Waals surface area contributed by atoms with E-state index in [2.05, 4.69) is 15.2 Å². The number of nitriles is 1. The van der Waals surface area contributed by atoms with Crippen LogP contribution in [0.4, 0.5) is 18.9 Å². The lowest BCUT2D eigenvalue weighted by Crippen LogP contribution is -2.39. The van der Waals surface area contributed by atoms with Crippen LogP contribution in [0.1, 0.15) is 23.3 Å². The topological polar surface area (TPSA) is 132 Å². The smallest absolute Gasteiger partial charge is 0.481 e. The van der Waals surface area contributed by atoms with Crippen molar-refractivity contribution >= 4 is 22.5 Å². The number of carbonyl (C=O) groups excluding carboxylic acids is 1. The first-order chi connectivity index (χ1) is 15.5. The van der Waals surface area contributed by atoms with Crippen molar-refractivity contribution in [3.8, 4) is 17.7 Å². The monoisotopic (exact) mass is 463 g/mol. The van der Waals surface area contributed by atoms with Gasteiger partial charge in [0, 0.05) is 17.7 Å². The zero-order chi connectivity index (χ0) is 24.3. The predicted octanol–water partition coefficient (Wildman–Crippen LogP) is 3.73. The van der Waals surface area contributed by atoms with E-state index in [1.54, 1.807) is 0 Å². The van der Waals surface area contributed by atoms with Crippen LogP contribution in [-0.4, -0.2) is 40.1 Å². The van der Waals surface area contributed by atoms with Gasteiger partial charge in [-0.2, -0.15) is 10.4 Å². The Morgan fingerprint density at radius 3 is 2.48 bits per heavy atom. The summed E-state index contributed by atoms with van der Waals surface area (Å²) in [4.78, 5) is 23.0. The van der Waals surface area contributed by atoms with E-state index in [0.29, 0.717) is 5.39 Å². The van der Waals surface area contributed by atoms with E-state index in [4.69, 9.17) is 4.74 Å². The number of carbonyl (C=O) groups is 1. The van der Waals surface area contributed by atoms with E-state index in [0.717, 1.165) is 24.3 Å². The molecule has 0 saturated carbocycles. The van der Waals surface area contributed by atoms with Gasteiger partial charge in [-0.05, 0) is 37.3 Å². The molecule has 3 rings (SSSR count). The third kappa shape index (κ3) is 5.12. The Balaban J connectivity index is 1.83. The van der Waals surface area contributed by atoms with Crippen LogP contribution in [0.2, 0.25) is 0 Å². The molecule has 0 aliphatic rings. The first kappa shape index (κ1) is 23.3. The molecule has 1 aromatic heterocycles. The lowest BCUT2D eigenvalue weighted by molar-refractivity contribution is -0.384. The highest BCUT2D eigenvalue weighted by Crippen LogP contribution is 2.31.